The average Bonchev–Trinajstić information content (AvgIpc) is 2.99. The first kappa shape index (κ1) is 17.0. The van der Waals surface area contributed by atoms with E-state index in [4.69, 9.17) is 4.74 Å². The van der Waals surface area contributed by atoms with Gasteiger partial charge in [0.25, 0.3) is 5.91 Å². The van der Waals surface area contributed by atoms with E-state index in [1.807, 2.05) is 0 Å². The zero-order valence-corrected chi connectivity index (χ0v) is 14.4. The lowest BCUT2D eigenvalue weighted by molar-refractivity contribution is -0.123. The Morgan fingerprint density at radius 3 is 2.88 bits per heavy atom. The molecular formula is C18H21N3O4. The van der Waals surface area contributed by atoms with Crippen LogP contribution in [0.3, 0.4) is 0 Å². The number of ether oxygens (including phenoxy) is 1. The Balaban J connectivity index is 1.92. The summed E-state index contributed by atoms with van der Waals surface area (Å²) in [5, 5.41) is 13.5. The summed E-state index contributed by atoms with van der Waals surface area (Å²) in [5.74, 6) is 0.153. The Kier molecular flexibility index (Phi) is 4.50. The van der Waals surface area contributed by atoms with Crippen molar-refractivity contribution in [2.75, 3.05) is 26.5 Å². The van der Waals surface area contributed by atoms with E-state index in [-0.39, 0.29) is 11.8 Å². The molecule has 2 atom stereocenters. The summed E-state index contributed by atoms with van der Waals surface area (Å²) in [6, 6.07) is 4.72. The lowest BCUT2D eigenvalue weighted by Gasteiger charge is -2.24. The van der Waals surface area contributed by atoms with Gasteiger partial charge in [-0.2, -0.15) is 0 Å². The van der Waals surface area contributed by atoms with Crippen LogP contribution in [0.5, 0.6) is 5.75 Å². The lowest BCUT2D eigenvalue weighted by atomic mass is 10.1. The number of aliphatic hydroxyl groups is 1. The van der Waals surface area contributed by atoms with Crippen LogP contribution in [0.4, 0.5) is 5.69 Å². The number of allylic oxidation sites excluding steroid dienone is 1. The third-order valence-corrected chi connectivity index (χ3v) is 4.36. The van der Waals surface area contributed by atoms with E-state index < -0.39 is 12.3 Å². The number of methoxy groups -OCH3 is 1. The monoisotopic (exact) mass is 343 g/mol. The van der Waals surface area contributed by atoms with E-state index in [1.165, 1.54) is 23.0 Å². The number of nitrogens with one attached hydrogen (secondary N) is 1. The molecule has 0 bridgehead atoms. The number of hydrogen-bond acceptors (Lipinski definition) is 5. The van der Waals surface area contributed by atoms with Crippen molar-refractivity contribution in [3.8, 4) is 5.75 Å². The first-order valence-electron chi connectivity index (χ1n) is 7.96. The summed E-state index contributed by atoms with van der Waals surface area (Å²) in [6.07, 6.45) is 4.33. The molecule has 2 N–H and O–H groups in total. The fourth-order valence-corrected chi connectivity index (χ4v) is 2.99. The van der Waals surface area contributed by atoms with Gasteiger partial charge in [-0.15, -0.1) is 0 Å². The molecule has 2 heterocycles. The van der Waals surface area contributed by atoms with Crippen molar-refractivity contribution in [3.05, 3.63) is 47.7 Å². The summed E-state index contributed by atoms with van der Waals surface area (Å²) in [6.45, 7) is 0. The molecule has 2 amide bonds. The van der Waals surface area contributed by atoms with Gasteiger partial charge in [-0.3, -0.25) is 9.59 Å². The van der Waals surface area contributed by atoms with Crippen molar-refractivity contribution >= 4 is 17.5 Å². The van der Waals surface area contributed by atoms with Crippen LogP contribution in [-0.2, 0) is 4.79 Å². The van der Waals surface area contributed by atoms with E-state index in [2.05, 4.69) is 5.32 Å². The van der Waals surface area contributed by atoms with Crippen LogP contribution in [0, 0.1) is 0 Å². The number of rotatable bonds is 3. The molecule has 0 saturated carbocycles. The van der Waals surface area contributed by atoms with Crippen LogP contribution in [0.2, 0.25) is 0 Å². The number of benzene rings is 1. The van der Waals surface area contributed by atoms with Crippen LogP contribution in [0.15, 0.2) is 42.1 Å². The number of para-hydroxylation sites is 1. The Bertz CT molecular complexity index is 770. The third kappa shape index (κ3) is 3.10. The highest BCUT2D eigenvalue weighted by Crippen LogP contribution is 2.37. The maximum atomic E-state index is 12.9. The van der Waals surface area contributed by atoms with E-state index in [1.54, 1.807) is 44.6 Å². The standard InChI is InChI=1S/C18H21N3O4/c1-20(2)15(22)8-7-11-9-13-17(23)19-16-12(18(24)21(13)10-11)5-4-6-14(16)25-3/h4-8,10,13,17,19,23H,9H2,1-3H3/b8-7+/t13-,17?/m0/s1. The molecule has 1 unspecified atom stereocenters. The Hall–Kier alpha value is -2.80. The van der Waals surface area contributed by atoms with Crippen LogP contribution >= 0.6 is 0 Å². The van der Waals surface area contributed by atoms with Crippen LogP contribution in [0.1, 0.15) is 16.8 Å². The molecule has 0 saturated heterocycles. The highest BCUT2D eigenvalue weighted by Gasteiger charge is 2.39. The molecule has 0 aliphatic carbocycles. The van der Waals surface area contributed by atoms with Gasteiger partial charge in [-0.1, -0.05) is 12.1 Å². The van der Waals surface area contributed by atoms with Crippen molar-refractivity contribution < 1.29 is 19.4 Å². The predicted molar refractivity (Wildman–Crippen MR) is 93.1 cm³/mol. The molecule has 7 nitrogen and oxygen atoms in total. The summed E-state index contributed by atoms with van der Waals surface area (Å²) < 4.78 is 5.28. The smallest absolute Gasteiger partial charge is 0.260 e. The number of carbonyl (C=O) groups is 2. The summed E-state index contributed by atoms with van der Waals surface area (Å²) >= 11 is 0. The quantitative estimate of drug-likeness (QED) is 0.806. The SMILES string of the molecule is COc1cccc2c1NC(O)[C@@H]1CC(/C=C/C(=O)N(C)C)=CN1C2=O. The van der Waals surface area contributed by atoms with Gasteiger partial charge in [0.1, 0.15) is 12.0 Å². The van der Waals surface area contributed by atoms with Crippen LogP contribution < -0.4 is 10.1 Å². The second kappa shape index (κ2) is 6.60. The topological polar surface area (TPSA) is 82.1 Å². The Labute approximate surface area is 146 Å². The maximum Gasteiger partial charge on any atom is 0.260 e. The largest absolute Gasteiger partial charge is 0.495 e. The molecule has 1 aromatic rings. The molecule has 2 aliphatic heterocycles. The Morgan fingerprint density at radius 2 is 2.20 bits per heavy atom. The molecule has 7 heteroatoms. The minimum Gasteiger partial charge on any atom is -0.495 e. The highest BCUT2D eigenvalue weighted by atomic mass is 16.5. The lowest BCUT2D eigenvalue weighted by Crippen LogP contribution is -2.42. The van der Waals surface area contributed by atoms with Crippen LogP contribution in [0.25, 0.3) is 0 Å². The van der Waals surface area contributed by atoms with E-state index in [0.717, 1.165) is 5.57 Å². The van der Waals surface area contributed by atoms with Gasteiger partial charge in [0.15, 0.2) is 0 Å². The zero-order valence-electron chi connectivity index (χ0n) is 14.4. The van der Waals surface area contributed by atoms with E-state index >= 15 is 0 Å². The first-order valence-corrected chi connectivity index (χ1v) is 7.96. The van der Waals surface area contributed by atoms with Crippen molar-refractivity contribution in [3.63, 3.8) is 0 Å². The average molecular weight is 343 g/mol. The number of aliphatic hydroxyl groups excluding tert-OH is 1. The molecule has 0 fully saturated rings. The predicted octanol–water partition coefficient (Wildman–Crippen LogP) is 1.18. The van der Waals surface area contributed by atoms with Gasteiger partial charge in [0.2, 0.25) is 5.91 Å². The molecule has 2 aliphatic rings. The summed E-state index contributed by atoms with van der Waals surface area (Å²) in [5.41, 5.74) is 1.73. The molecule has 0 aromatic heterocycles. The van der Waals surface area contributed by atoms with Gasteiger partial charge < -0.3 is 25.0 Å². The number of amides is 2. The molecular weight excluding hydrogens is 322 g/mol. The van der Waals surface area contributed by atoms with Gasteiger partial charge in [0.05, 0.1) is 24.4 Å². The number of hydrogen-bond donors (Lipinski definition) is 2. The fraction of sp³-hybridized carbons (Fsp3) is 0.333. The fourth-order valence-electron chi connectivity index (χ4n) is 2.99. The summed E-state index contributed by atoms with van der Waals surface area (Å²) in [7, 11) is 4.86. The number of anilines is 1. The molecule has 25 heavy (non-hydrogen) atoms. The van der Waals surface area contributed by atoms with Gasteiger partial charge >= 0.3 is 0 Å². The van der Waals surface area contributed by atoms with Crippen molar-refractivity contribution in [2.45, 2.75) is 18.7 Å². The van der Waals surface area contributed by atoms with E-state index in [9.17, 15) is 14.7 Å². The van der Waals surface area contributed by atoms with Gasteiger partial charge in [-0.05, 0) is 24.1 Å². The maximum absolute atomic E-state index is 12.9. The number of carbonyl (C=O) groups excluding carboxylic acids is 2. The Morgan fingerprint density at radius 1 is 1.44 bits per heavy atom. The molecule has 3 rings (SSSR count). The van der Waals surface area contributed by atoms with Crippen LogP contribution in [-0.4, -0.2) is 60.2 Å². The van der Waals surface area contributed by atoms with Gasteiger partial charge in [0, 0.05) is 26.4 Å². The second-order valence-electron chi connectivity index (χ2n) is 6.23. The summed E-state index contributed by atoms with van der Waals surface area (Å²) in [4.78, 5) is 27.6. The van der Waals surface area contributed by atoms with Gasteiger partial charge in [-0.25, -0.2) is 0 Å². The minimum atomic E-state index is -0.951. The van der Waals surface area contributed by atoms with Crippen molar-refractivity contribution in [2.24, 2.45) is 0 Å². The first-order chi connectivity index (χ1) is 11.9. The normalized spacial score (nSPS) is 22.0. The zero-order chi connectivity index (χ0) is 18.1. The third-order valence-electron chi connectivity index (χ3n) is 4.36. The second-order valence-corrected chi connectivity index (χ2v) is 6.23. The number of fused-ring (bicyclic) bond motifs is 2. The molecule has 1 aromatic carbocycles. The minimum absolute atomic E-state index is 0.136. The van der Waals surface area contributed by atoms with Crippen molar-refractivity contribution in [1.82, 2.24) is 9.80 Å². The molecule has 0 spiro atoms. The van der Waals surface area contributed by atoms with E-state index in [0.29, 0.717) is 23.4 Å². The highest BCUT2D eigenvalue weighted by molar-refractivity contribution is 6.02. The molecule has 132 valence electrons. The number of nitrogens with zero attached hydrogens (tertiary/aromatic N) is 2. The molecule has 0 radical (unpaired) electrons. The number of likely N-dealkylation sites (N-methyl/N-ethyl adjacent to an activating group) is 1. The van der Waals surface area contributed by atoms with Crippen molar-refractivity contribution in [1.29, 1.82) is 0 Å².